The van der Waals surface area contributed by atoms with Crippen molar-refractivity contribution >= 4 is 26.9 Å². The maximum Gasteiger partial charge on any atom is 0.315 e. The minimum absolute atomic E-state index is 0.155. The summed E-state index contributed by atoms with van der Waals surface area (Å²) < 4.78 is 59.3. The molecule has 0 aliphatic heterocycles. The maximum atomic E-state index is 14.7. The maximum absolute atomic E-state index is 14.7. The number of hydrogen-bond acceptors (Lipinski definition) is 8. The quantitative estimate of drug-likeness (QED) is 0.0702. The van der Waals surface area contributed by atoms with Gasteiger partial charge in [0.2, 0.25) is 0 Å². The molecule has 0 spiro atoms. The van der Waals surface area contributed by atoms with Crippen LogP contribution in [0.2, 0.25) is 0 Å². The van der Waals surface area contributed by atoms with Crippen LogP contribution in [0.4, 0.5) is 0 Å². The molecule has 2 atom stereocenters. The van der Waals surface area contributed by atoms with Gasteiger partial charge in [-0.3, -0.25) is 4.79 Å². The predicted molar refractivity (Wildman–Crippen MR) is 175 cm³/mol. The van der Waals surface area contributed by atoms with Crippen molar-refractivity contribution in [1.82, 2.24) is 0 Å². The molecule has 240 valence electrons. The second kappa shape index (κ2) is 12.9. The zero-order valence-electron chi connectivity index (χ0n) is 25.7. The Kier molecular flexibility index (Phi) is 8.55. The van der Waals surface area contributed by atoms with Gasteiger partial charge in [0.25, 0.3) is 0 Å². The molecule has 0 fully saturated rings. The first-order valence-corrected chi connectivity index (χ1v) is 16.9. The topological polar surface area (TPSA) is 111 Å². The van der Waals surface area contributed by atoms with Crippen LogP contribution in [0.3, 0.4) is 0 Å². The van der Waals surface area contributed by atoms with E-state index in [9.17, 15) is 17.8 Å². The number of ether oxygens (including phenoxy) is 4. The number of hydrogen-bond donors (Lipinski definition) is 0. The average Bonchev–Trinajstić information content (AvgIpc) is 3.09. The molecule has 8 rings (SSSR count). The van der Waals surface area contributed by atoms with Crippen molar-refractivity contribution in [3.63, 3.8) is 0 Å². The fraction of sp³-hybridized carbons (Fsp3) is 0.237. The summed E-state index contributed by atoms with van der Waals surface area (Å²) in [5.74, 6) is -1.03. The molecule has 8 nitrogen and oxygen atoms in total. The Bertz CT molecular complexity index is 2010. The third-order valence-electron chi connectivity index (χ3n) is 9.23. The second-order valence-corrected chi connectivity index (χ2v) is 13.1. The third kappa shape index (κ3) is 5.70. The molecule has 0 saturated heterocycles. The molecule has 0 radical (unpaired) electrons. The van der Waals surface area contributed by atoms with E-state index < -0.39 is 22.0 Å². The largest absolute Gasteiger partial charge is 0.744 e. The minimum atomic E-state index is -4.75. The van der Waals surface area contributed by atoms with E-state index in [1.807, 2.05) is 48.5 Å². The Labute approximate surface area is 273 Å². The summed E-state index contributed by atoms with van der Waals surface area (Å²) in [5, 5.41) is 0.574. The number of fused-ring (bicyclic) bond motifs is 2. The highest BCUT2D eigenvalue weighted by Gasteiger charge is 2.54. The number of carbonyl (C=O) groups excluding carboxylic acids is 1. The number of rotatable bonds is 11. The van der Waals surface area contributed by atoms with Crippen LogP contribution in [0.1, 0.15) is 45.6 Å². The SMILES string of the molecule is COCCOCCOc1ccccc1C1C2c3ccccc3C(c3ccccc32)C1C(=O)Oc1ccc(S(=O)(=O)[O-])c2ccccc12. The van der Waals surface area contributed by atoms with E-state index in [2.05, 4.69) is 24.3 Å². The molecule has 0 aromatic heterocycles. The summed E-state index contributed by atoms with van der Waals surface area (Å²) in [5.41, 5.74) is 5.38. The number of methoxy groups -OCH3 is 1. The van der Waals surface area contributed by atoms with Gasteiger partial charge in [0.05, 0.1) is 30.6 Å². The molecule has 2 bridgehead atoms. The summed E-state index contributed by atoms with van der Waals surface area (Å²) in [6.45, 7) is 1.67. The molecule has 3 aliphatic rings. The molecule has 0 N–H and O–H groups in total. The van der Waals surface area contributed by atoms with Crippen molar-refractivity contribution in [2.75, 3.05) is 33.5 Å². The summed E-state index contributed by atoms with van der Waals surface area (Å²) in [6, 6.07) is 33.5. The van der Waals surface area contributed by atoms with Crippen molar-refractivity contribution in [1.29, 1.82) is 0 Å². The number of para-hydroxylation sites is 1. The number of esters is 1. The Morgan fingerprint density at radius 3 is 1.83 bits per heavy atom. The van der Waals surface area contributed by atoms with Gasteiger partial charge in [-0.2, -0.15) is 0 Å². The van der Waals surface area contributed by atoms with Gasteiger partial charge in [-0.25, -0.2) is 8.42 Å². The van der Waals surface area contributed by atoms with Gasteiger partial charge in [-0.15, -0.1) is 0 Å². The lowest BCUT2D eigenvalue weighted by molar-refractivity contribution is -0.141. The number of carbonyl (C=O) groups is 1. The van der Waals surface area contributed by atoms with Crippen molar-refractivity contribution in [3.8, 4) is 11.5 Å². The zero-order chi connectivity index (χ0) is 32.5. The zero-order valence-corrected chi connectivity index (χ0v) is 26.5. The fourth-order valence-electron chi connectivity index (χ4n) is 7.40. The summed E-state index contributed by atoms with van der Waals surface area (Å²) in [4.78, 5) is 14.3. The van der Waals surface area contributed by atoms with Gasteiger partial charge in [0.1, 0.15) is 28.2 Å². The molecule has 47 heavy (non-hydrogen) atoms. The van der Waals surface area contributed by atoms with E-state index >= 15 is 0 Å². The minimum Gasteiger partial charge on any atom is -0.744 e. The molecule has 3 aliphatic carbocycles. The fourth-order valence-corrected chi connectivity index (χ4v) is 8.09. The Morgan fingerprint density at radius 2 is 1.19 bits per heavy atom. The van der Waals surface area contributed by atoms with Crippen LogP contribution in [0.25, 0.3) is 10.8 Å². The highest BCUT2D eigenvalue weighted by Crippen LogP contribution is 2.62. The molecule has 0 amide bonds. The molecular weight excluding hydrogens is 616 g/mol. The predicted octanol–water partition coefficient (Wildman–Crippen LogP) is 6.38. The Balaban J connectivity index is 1.33. The standard InChI is InChI=1S/C38H34O8S/c1-43-20-21-44-22-23-45-31-17-9-8-16-30(31)36-34-26-12-4-6-14-28(26)35(29-15-7-5-13-27(29)34)37(36)38(39)46-32-18-19-33(47(40,41)42)25-11-3-2-10-24(25)32/h2-19,34-37H,20-23H2,1H3,(H,40,41,42)/p-1. The van der Waals surface area contributed by atoms with E-state index in [1.165, 1.54) is 23.3 Å². The van der Waals surface area contributed by atoms with E-state index in [1.54, 1.807) is 31.4 Å². The molecule has 5 aromatic carbocycles. The summed E-state index contributed by atoms with van der Waals surface area (Å²) in [7, 11) is -3.13. The van der Waals surface area contributed by atoms with Gasteiger partial charge in [0, 0.05) is 35.6 Å². The van der Waals surface area contributed by atoms with E-state index in [0.717, 1.165) is 16.7 Å². The van der Waals surface area contributed by atoms with Gasteiger partial charge in [-0.1, -0.05) is 91.0 Å². The van der Waals surface area contributed by atoms with Crippen LogP contribution in [0.5, 0.6) is 11.5 Å². The molecule has 0 saturated carbocycles. The smallest absolute Gasteiger partial charge is 0.315 e. The third-order valence-corrected chi connectivity index (χ3v) is 10.1. The first-order valence-electron chi connectivity index (χ1n) is 15.5. The molecule has 9 heteroatoms. The van der Waals surface area contributed by atoms with Crippen LogP contribution in [0, 0.1) is 5.92 Å². The normalized spacial score (nSPS) is 19.6. The van der Waals surface area contributed by atoms with Crippen molar-refractivity contribution < 1.29 is 36.7 Å². The van der Waals surface area contributed by atoms with Crippen LogP contribution < -0.4 is 9.47 Å². The summed E-state index contributed by atoms with van der Waals surface area (Å²) in [6.07, 6.45) is 0. The van der Waals surface area contributed by atoms with Crippen LogP contribution in [-0.4, -0.2) is 52.5 Å². The highest BCUT2D eigenvalue weighted by atomic mass is 32.2. The lowest BCUT2D eigenvalue weighted by atomic mass is 9.53. The first kappa shape index (κ1) is 31.1. The van der Waals surface area contributed by atoms with Crippen molar-refractivity contribution in [3.05, 3.63) is 137 Å². The lowest BCUT2D eigenvalue weighted by Crippen LogP contribution is -2.44. The summed E-state index contributed by atoms with van der Waals surface area (Å²) >= 11 is 0. The van der Waals surface area contributed by atoms with E-state index in [4.69, 9.17) is 18.9 Å². The van der Waals surface area contributed by atoms with E-state index in [0.29, 0.717) is 37.6 Å². The second-order valence-electron chi connectivity index (χ2n) is 11.7. The molecule has 0 heterocycles. The molecule has 5 aromatic rings. The van der Waals surface area contributed by atoms with Crippen LogP contribution in [0.15, 0.2) is 114 Å². The Morgan fingerprint density at radius 1 is 0.638 bits per heavy atom. The van der Waals surface area contributed by atoms with Gasteiger partial charge in [0.15, 0.2) is 0 Å². The molecule has 2 unspecified atom stereocenters. The van der Waals surface area contributed by atoms with E-state index in [-0.39, 0.29) is 33.8 Å². The van der Waals surface area contributed by atoms with Crippen molar-refractivity contribution in [2.24, 2.45) is 5.92 Å². The highest BCUT2D eigenvalue weighted by molar-refractivity contribution is 7.86. The average molecular weight is 650 g/mol. The monoisotopic (exact) mass is 649 g/mol. The van der Waals surface area contributed by atoms with Crippen molar-refractivity contribution in [2.45, 2.75) is 22.6 Å². The Hall–Kier alpha value is -4.54. The van der Waals surface area contributed by atoms with Gasteiger partial charge >= 0.3 is 5.97 Å². The van der Waals surface area contributed by atoms with Crippen LogP contribution in [-0.2, 0) is 24.4 Å². The van der Waals surface area contributed by atoms with Gasteiger partial charge < -0.3 is 23.5 Å². The first-order chi connectivity index (χ1) is 22.9. The lowest BCUT2D eigenvalue weighted by Gasteiger charge is -2.50. The van der Waals surface area contributed by atoms with Gasteiger partial charge in [-0.05, 0) is 46.0 Å². The van der Waals surface area contributed by atoms with Crippen LogP contribution >= 0.6 is 0 Å². The molecular formula is C38H33O8S-. The number of benzene rings is 5.